The van der Waals surface area contributed by atoms with Crippen molar-refractivity contribution in [1.82, 2.24) is 19.7 Å². The molecular weight excluding hydrogens is 545 g/mol. The molecule has 1 unspecified atom stereocenters. The number of aromatic amines is 1. The first-order valence-corrected chi connectivity index (χ1v) is 12.5. The Morgan fingerprint density at radius 1 is 1.27 bits per heavy atom. The summed E-state index contributed by atoms with van der Waals surface area (Å²) in [5.41, 5.74) is -3.58. The number of fused-ring (bicyclic) bond motifs is 1. The number of alkyl halides is 3. The minimum atomic E-state index is -4.92. The van der Waals surface area contributed by atoms with Crippen molar-refractivity contribution in [3.63, 3.8) is 0 Å². The second-order valence-electron chi connectivity index (χ2n) is 9.97. The zero-order valence-corrected chi connectivity index (χ0v) is 21.6. The van der Waals surface area contributed by atoms with Crippen LogP contribution < -0.4 is 15.6 Å². The molecule has 2 N–H and O–H groups in total. The number of hydrogen-bond donors (Lipinski definition) is 2. The van der Waals surface area contributed by atoms with Crippen molar-refractivity contribution in [3.05, 3.63) is 46.0 Å². The van der Waals surface area contributed by atoms with E-state index in [1.807, 2.05) is 0 Å². The predicted molar refractivity (Wildman–Crippen MR) is 130 cm³/mol. The highest BCUT2D eigenvalue weighted by atomic mass is 19.4. The highest BCUT2D eigenvalue weighted by Crippen LogP contribution is 2.55. The van der Waals surface area contributed by atoms with Crippen LogP contribution in [0, 0.1) is 17.6 Å². The van der Waals surface area contributed by atoms with E-state index < -0.39 is 64.8 Å². The van der Waals surface area contributed by atoms with Gasteiger partial charge < -0.3 is 24.5 Å². The monoisotopic (exact) mass is 571 g/mol. The standard InChI is InChI=1S/C25H26F5N5O5/c1-11-15(12-7-8-13(26)16(27)19(12)38-3)20(40-24(11,2)25(28,29)30)23(37)33-21-17-18(22(36)32-10-31-17)35(34-21)14-6-4-5-9-39-14/h7-8,10-11,14-15,20H,4-6,9H2,1-3H3,(H,31,32,36)(H,33,34,37)/t11-,14?,15-,20+,24+/m0/s1. The van der Waals surface area contributed by atoms with Gasteiger partial charge in [-0.15, -0.1) is 5.10 Å². The molecule has 15 heteroatoms. The Balaban J connectivity index is 1.58. The lowest BCUT2D eigenvalue weighted by Gasteiger charge is -2.32. The smallest absolute Gasteiger partial charge is 0.417 e. The van der Waals surface area contributed by atoms with Gasteiger partial charge in [-0.25, -0.2) is 14.1 Å². The molecule has 40 heavy (non-hydrogen) atoms. The number of nitrogens with zero attached hydrogens (tertiary/aromatic N) is 3. The number of halogens is 5. The fraction of sp³-hybridized carbons (Fsp3) is 0.520. The van der Waals surface area contributed by atoms with Crippen LogP contribution in [0.2, 0.25) is 0 Å². The third-order valence-electron chi connectivity index (χ3n) is 7.73. The van der Waals surface area contributed by atoms with Crippen LogP contribution in [0.3, 0.4) is 0 Å². The molecule has 216 valence electrons. The van der Waals surface area contributed by atoms with Gasteiger partial charge in [0, 0.05) is 24.0 Å². The number of carbonyl (C=O) groups excluding carboxylic acids is 1. The van der Waals surface area contributed by atoms with E-state index in [0.717, 1.165) is 45.3 Å². The van der Waals surface area contributed by atoms with Crippen molar-refractivity contribution in [2.75, 3.05) is 19.0 Å². The fourth-order valence-corrected chi connectivity index (χ4v) is 5.42. The third kappa shape index (κ3) is 4.40. The Kier molecular flexibility index (Phi) is 7.06. The summed E-state index contributed by atoms with van der Waals surface area (Å²) in [4.78, 5) is 32.8. The highest BCUT2D eigenvalue weighted by molar-refractivity contribution is 6.00. The summed E-state index contributed by atoms with van der Waals surface area (Å²) in [5.74, 6) is -7.43. The van der Waals surface area contributed by atoms with Crippen LogP contribution in [0.15, 0.2) is 23.3 Å². The maximum absolute atomic E-state index is 14.6. The molecule has 4 heterocycles. The minimum absolute atomic E-state index is 0.00404. The Morgan fingerprint density at radius 3 is 2.67 bits per heavy atom. The molecule has 2 saturated heterocycles. The number of anilines is 1. The van der Waals surface area contributed by atoms with Gasteiger partial charge in [0.25, 0.3) is 11.5 Å². The number of methoxy groups -OCH3 is 1. The lowest BCUT2D eigenvalue weighted by atomic mass is 9.77. The Morgan fingerprint density at radius 2 is 2.02 bits per heavy atom. The first kappa shape index (κ1) is 28.0. The zero-order valence-electron chi connectivity index (χ0n) is 21.6. The molecule has 2 aliphatic heterocycles. The number of ether oxygens (including phenoxy) is 3. The van der Waals surface area contributed by atoms with Crippen molar-refractivity contribution in [1.29, 1.82) is 0 Å². The molecule has 0 radical (unpaired) electrons. The third-order valence-corrected chi connectivity index (χ3v) is 7.73. The van der Waals surface area contributed by atoms with Crippen LogP contribution in [0.25, 0.3) is 11.0 Å². The number of nitrogens with one attached hydrogen (secondary N) is 2. The van der Waals surface area contributed by atoms with Crippen LogP contribution in [0.1, 0.15) is 50.8 Å². The van der Waals surface area contributed by atoms with Crippen molar-refractivity contribution in [2.45, 2.75) is 63.1 Å². The molecule has 0 saturated carbocycles. The van der Waals surface area contributed by atoms with Gasteiger partial charge in [0.2, 0.25) is 5.82 Å². The first-order valence-electron chi connectivity index (χ1n) is 12.5. The Labute approximate surface area is 223 Å². The van der Waals surface area contributed by atoms with E-state index in [1.165, 1.54) is 11.6 Å². The van der Waals surface area contributed by atoms with Crippen LogP contribution in [0.4, 0.5) is 27.8 Å². The normalized spacial score (nSPS) is 27.2. The van der Waals surface area contributed by atoms with E-state index in [0.29, 0.717) is 13.0 Å². The number of carbonyl (C=O) groups is 1. The van der Waals surface area contributed by atoms with E-state index in [9.17, 15) is 31.5 Å². The van der Waals surface area contributed by atoms with Gasteiger partial charge in [0.05, 0.1) is 13.4 Å². The number of hydrogen-bond acceptors (Lipinski definition) is 7. The largest absolute Gasteiger partial charge is 0.493 e. The van der Waals surface area contributed by atoms with Crippen LogP contribution in [-0.4, -0.2) is 57.3 Å². The molecule has 1 aromatic carbocycles. The molecule has 3 aromatic rings. The average Bonchev–Trinajstić information content (AvgIpc) is 3.42. The molecule has 2 aromatic heterocycles. The topological polar surface area (TPSA) is 120 Å². The van der Waals surface area contributed by atoms with E-state index in [4.69, 9.17) is 14.2 Å². The van der Waals surface area contributed by atoms with Crippen molar-refractivity contribution in [3.8, 4) is 5.75 Å². The molecule has 5 rings (SSSR count). The fourth-order valence-electron chi connectivity index (χ4n) is 5.42. The number of H-pyrrole nitrogens is 1. The van der Waals surface area contributed by atoms with E-state index in [-0.39, 0.29) is 22.4 Å². The average molecular weight is 572 g/mol. The first-order chi connectivity index (χ1) is 18.9. The summed E-state index contributed by atoms with van der Waals surface area (Å²) in [6.07, 6.45) is -4.14. The summed E-state index contributed by atoms with van der Waals surface area (Å²) in [6.45, 7) is 2.42. The van der Waals surface area contributed by atoms with Gasteiger partial charge in [0.15, 0.2) is 34.7 Å². The number of benzene rings is 1. The second kappa shape index (κ2) is 10.1. The van der Waals surface area contributed by atoms with Gasteiger partial charge in [-0.2, -0.15) is 17.6 Å². The number of aromatic nitrogens is 4. The molecule has 1 amide bonds. The molecule has 2 aliphatic rings. The summed E-state index contributed by atoms with van der Waals surface area (Å²) in [7, 11) is 1.04. The van der Waals surface area contributed by atoms with Gasteiger partial charge in [-0.3, -0.25) is 9.59 Å². The van der Waals surface area contributed by atoms with E-state index in [1.54, 1.807) is 0 Å². The summed E-state index contributed by atoms with van der Waals surface area (Å²) in [5, 5.41) is 6.76. The Bertz CT molecular complexity index is 1500. The van der Waals surface area contributed by atoms with E-state index in [2.05, 4.69) is 20.4 Å². The maximum atomic E-state index is 14.6. The summed E-state index contributed by atoms with van der Waals surface area (Å²) < 4.78 is 88.7. The molecule has 10 nitrogen and oxygen atoms in total. The molecule has 2 fully saturated rings. The SMILES string of the molecule is COc1c([C@H]2[C@H](C(=O)Nc3nn(C4CCCCO4)c4c(=O)[nH]cnc34)O[C@@](C)(C(F)(F)F)[C@H]2C)ccc(F)c1F. The van der Waals surface area contributed by atoms with E-state index >= 15 is 0 Å². The van der Waals surface area contributed by atoms with Crippen LogP contribution in [-0.2, 0) is 14.3 Å². The van der Waals surface area contributed by atoms with Crippen LogP contribution >= 0.6 is 0 Å². The van der Waals surface area contributed by atoms with Gasteiger partial charge in [-0.05, 0) is 32.3 Å². The predicted octanol–water partition coefficient (Wildman–Crippen LogP) is 4.18. The molecular formula is C25H26F5N5O5. The van der Waals surface area contributed by atoms with Crippen molar-refractivity contribution in [2.24, 2.45) is 5.92 Å². The highest BCUT2D eigenvalue weighted by Gasteiger charge is 2.66. The minimum Gasteiger partial charge on any atom is -0.493 e. The summed E-state index contributed by atoms with van der Waals surface area (Å²) >= 11 is 0. The van der Waals surface area contributed by atoms with Gasteiger partial charge in [0.1, 0.15) is 11.6 Å². The quantitative estimate of drug-likeness (QED) is 0.441. The summed E-state index contributed by atoms with van der Waals surface area (Å²) in [6, 6.07) is 1.81. The van der Waals surface area contributed by atoms with Gasteiger partial charge in [-0.1, -0.05) is 13.0 Å². The molecule has 0 bridgehead atoms. The van der Waals surface area contributed by atoms with Crippen LogP contribution in [0.5, 0.6) is 5.75 Å². The number of amides is 1. The van der Waals surface area contributed by atoms with Crippen molar-refractivity contribution < 1.29 is 41.0 Å². The maximum Gasteiger partial charge on any atom is 0.417 e. The molecule has 0 aliphatic carbocycles. The lowest BCUT2D eigenvalue weighted by Crippen LogP contribution is -2.47. The lowest BCUT2D eigenvalue weighted by molar-refractivity contribution is -0.272. The zero-order chi connectivity index (χ0) is 29.0. The van der Waals surface area contributed by atoms with Gasteiger partial charge >= 0.3 is 6.18 Å². The second-order valence-corrected chi connectivity index (χ2v) is 9.97. The van der Waals surface area contributed by atoms with Crippen molar-refractivity contribution >= 4 is 22.8 Å². The Hall–Kier alpha value is -3.59. The molecule has 5 atom stereocenters. The number of rotatable bonds is 5. The molecule has 0 spiro atoms.